The van der Waals surface area contributed by atoms with Crippen molar-refractivity contribution in [2.24, 2.45) is 0 Å². The van der Waals surface area contributed by atoms with Crippen molar-refractivity contribution in [2.75, 3.05) is 25.1 Å². The smallest absolute Gasteiger partial charge is 0.0658 e. The lowest BCUT2D eigenvalue weighted by Gasteiger charge is -2.38. The molecule has 0 aliphatic rings. The van der Waals surface area contributed by atoms with Crippen LogP contribution in [-0.2, 0) is 0 Å². The summed E-state index contributed by atoms with van der Waals surface area (Å²) in [4.78, 5) is 2.17. The van der Waals surface area contributed by atoms with Crippen molar-refractivity contribution in [2.45, 2.75) is 45.7 Å². The van der Waals surface area contributed by atoms with E-state index < -0.39 is 0 Å². The Hall–Kier alpha value is -1.06. The van der Waals surface area contributed by atoms with Crippen molar-refractivity contribution in [3.05, 3.63) is 29.8 Å². The van der Waals surface area contributed by atoms with E-state index in [4.69, 9.17) is 0 Å². The minimum absolute atomic E-state index is 0.135. The molecule has 0 saturated heterocycles. The lowest BCUT2D eigenvalue weighted by atomic mass is 9.97. The monoisotopic (exact) mass is 264 g/mol. The zero-order chi connectivity index (χ0) is 14.5. The van der Waals surface area contributed by atoms with E-state index in [1.807, 2.05) is 7.05 Å². The van der Waals surface area contributed by atoms with Crippen molar-refractivity contribution >= 4 is 5.69 Å². The SMILES string of the molecule is CCNC(CC)c1ccccc1N(C)C(C)(C)CO. The number of aliphatic hydroxyl groups excluding tert-OH is 1. The van der Waals surface area contributed by atoms with E-state index in [-0.39, 0.29) is 12.1 Å². The van der Waals surface area contributed by atoms with E-state index in [1.165, 1.54) is 11.3 Å². The molecular formula is C16H28N2O. The highest BCUT2D eigenvalue weighted by molar-refractivity contribution is 5.56. The minimum Gasteiger partial charge on any atom is -0.394 e. The Morgan fingerprint density at radius 3 is 2.42 bits per heavy atom. The van der Waals surface area contributed by atoms with Crippen molar-refractivity contribution in [1.82, 2.24) is 5.32 Å². The van der Waals surface area contributed by atoms with Crippen LogP contribution in [0.5, 0.6) is 0 Å². The molecule has 2 N–H and O–H groups in total. The molecule has 0 bridgehead atoms. The van der Waals surface area contributed by atoms with Crippen LogP contribution in [-0.4, -0.2) is 30.8 Å². The summed E-state index contributed by atoms with van der Waals surface area (Å²) >= 11 is 0. The van der Waals surface area contributed by atoms with Crippen LogP contribution in [0.3, 0.4) is 0 Å². The Kier molecular flexibility index (Phi) is 5.83. The third kappa shape index (κ3) is 3.71. The van der Waals surface area contributed by atoms with Gasteiger partial charge in [0, 0.05) is 18.8 Å². The maximum absolute atomic E-state index is 9.56. The van der Waals surface area contributed by atoms with Gasteiger partial charge in [0.1, 0.15) is 0 Å². The molecule has 0 aliphatic heterocycles. The molecule has 1 aromatic rings. The summed E-state index contributed by atoms with van der Waals surface area (Å²) < 4.78 is 0. The van der Waals surface area contributed by atoms with E-state index in [2.05, 4.69) is 62.2 Å². The van der Waals surface area contributed by atoms with Crippen LogP contribution in [0.25, 0.3) is 0 Å². The predicted molar refractivity (Wildman–Crippen MR) is 82.7 cm³/mol. The van der Waals surface area contributed by atoms with Gasteiger partial charge in [-0.15, -0.1) is 0 Å². The van der Waals surface area contributed by atoms with Gasteiger partial charge in [-0.2, -0.15) is 0 Å². The lowest BCUT2D eigenvalue weighted by Crippen LogP contribution is -2.45. The molecule has 1 atom stereocenters. The van der Waals surface area contributed by atoms with Crippen LogP contribution < -0.4 is 10.2 Å². The molecule has 1 rings (SSSR count). The zero-order valence-electron chi connectivity index (χ0n) is 12.9. The normalized spacial score (nSPS) is 13.4. The molecule has 3 heteroatoms. The number of rotatable bonds is 7. The number of nitrogens with one attached hydrogen (secondary N) is 1. The van der Waals surface area contributed by atoms with Gasteiger partial charge in [-0.1, -0.05) is 32.0 Å². The molecule has 0 radical (unpaired) electrons. The van der Waals surface area contributed by atoms with Crippen LogP contribution >= 0.6 is 0 Å². The summed E-state index contributed by atoms with van der Waals surface area (Å²) in [5, 5.41) is 13.1. The van der Waals surface area contributed by atoms with Gasteiger partial charge in [0.25, 0.3) is 0 Å². The molecule has 108 valence electrons. The summed E-state index contributed by atoms with van der Waals surface area (Å²) in [6.07, 6.45) is 1.05. The Morgan fingerprint density at radius 1 is 1.26 bits per heavy atom. The van der Waals surface area contributed by atoms with Gasteiger partial charge in [0.05, 0.1) is 12.1 Å². The topological polar surface area (TPSA) is 35.5 Å². The quantitative estimate of drug-likeness (QED) is 0.795. The molecule has 0 spiro atoms. The molecule has 3 nitrogen and oxygen atoms in total. The fourth-order valence-electron chi connectivity index (χ4n) is 2.24. The number of benzene rings is 1. The Morgan fingerprint density at radius 2 is 1.89 bits per heavy atom. The summed E-state index contributed by atoms with van der Waals surface area (Å²) in [7, 11) is 2.05. The maximum atomic E-state index is 9.56. The summed E-state index contributed by atoms with van der Waals surface area (Å²) in [6.45, 7) is 9.53. The molecule has 0 heterocycles. The number of nitrogens with zero attached hydrogens (tertiary/aromatic N) is 1. The van der Waals surface area contributed by atoms with E-state index >= 15 is 0 Å². The number of likely N-dealkylation sites (N-methyl/N-ethyl adjacent to an activating group) is 1. The van der Waals surface area contributed by atoms with Gasteiger partial charge in [-0.3, -0.25) is 0 Å². The lowest BCUT2D eigenvalue weighted by molar-refractivity contribution is 0.216. The second kappa shape index (κ2) is 6.92. The van der Waals surface area contributed by atoms with Gasteiger partial charge in [-0.25, -0.2) is 0 Å². The van der Waals surface area contributed by atoms with Crippen LogP contribution in [0.2, 0.25) is 0 Å². The van der Waals surface area contributed by atoms with Gasteiger partial charge in [-0.05, 0) is 38.4 Å². The highest BCUT2D eigenvalue weighted by Crippen LogP contribution is 2.31. The van der Waals surface area contributed by atoms with Gasteiger partial charge < -0.3 is 15.3 Å². The van der Waals surface area contributed by atoms with Crippen LogP contribution in [0, 0.1) is 0 Å². The van der Waals surface area contributed by atoms with Crippen molar-refractivity contribution < 1.29 is 5.11 Å². The van der Waals surface area contributed by atoms with Crippen LogP contribution in [0.1, 0.15) is 45.7 Å². The van der Waals surface area contributed by atoms with E-state index in [9.17, 15) is 5.11 Å². The molecule has 0 fully saturated rings. The third-order valence-electron chi connectivity index (χ3n) is 3.83. The fraction of sp³-hybridized carbons (Fsp3) is 0.625. The molecule has 0 amide bonds. The van der Waals surface area contributed by atoms with Crippen molar-refractivity contribution in [3.63, 3.8) is 0 Å². The molecule has 0 aliphatic carbocycles. The van der Waals surface area contributed by atoms with Crippen molar-refractivity contribution in [1.29, 1.82) is 0 Å². The average molecular weight is 264 g/mol. The summed E-state index contributed by atoms with van der Waals surface area (Å²) in [5.74, 6) is 0. The third-order valence-corrected chi connectivity index (χ3v) is 3.83. The van der Waals surface area contributed by atoms with Crippen LogP contribution in [0.15, 0.2) is 24.3 Å². The zero-order valence-corrected chi connectivity index (χ0v) is 12.9. The van der Waals surface area contributed by atoms with E-state index in [0.29, 0.717) is 6.04 Å². The Balaban J connectivity index is 3.14. The first-order valence-electron chi connectivity index (χ1n) is 7.14. The highest BCUT2D eigenvalue weighted by atomic mass is 16.3. The number of para-hydroxylation sites is 1. The maximum Gasteiger partial charge on any atom is 0.0658 e. The summed E-state index contributed by atoms with van der Waals surface area (Å²) in [6, 6.07) is 8.81. The second-order valence-electron chi connectivity index (χ2n) is 5.61. The molecule has 0 saturated carbocycles. The van der Waals surface area contributed by atoms with Gasteiger partial charge in [0.15, 0.2) is 0 Å². The second-order valence-corrected chi connectivity index (χ2v) is 5.61. The first kappa shape index (κ1) is 16.0. The highest BCUT2D eigenvalue weighted by Gasteiger charge is 2.25. The predicted octanol–water partition coefficient (Wildman–Crippen LogP) is 2.95. The Labute approximate surface area is 117 Å². The van der Waals surface area contributed by atoms with Gasteiger partial charge >= 0.3 is 0 Å². The number of aliphatic hydroxyl groups is 1. The average Bonchev–Trinajstić information content (AvgIpc) is 2.44. The minimum atomic E-state index is -0.263. The largest absolute Gasteiger partial charge is 0.394 e. The fourth-order valence-corrected chi connectivity index (χ4v) is 2.24. The van der Waals surface area contributed by atoms with Gasteiger partial charge in [0.2, 0.25) is 0 Å². The molecule has 1 unspecified atom stereocenters. The molecule has 0 aromatic heterocycles. The summed E-state index contributed by atoms with van der Waals surface area (Å²) in [5.41, 5.74) is 2.23. The first-order chi connectivity index (χ1) is 8.97. The standard InChI is InChI=1S/C16H28N2O/c1-6-14(17-7-2)13-10-8-9-11-15(13)18(5)16(3,4)12-19/h8-11,14,17,19H,6-7,12H2,1-5H3. The molecule has 19 heavy (non-hydrogen) atoms. The number of anilines is 1. The van der Waals surface area contributed by atoms with Crippen molar-refractivity contribution in [3.8, 4) is 0 Å². The molecular weight excluding hydrogens is 236 g/mol. The Bertz CT molecular complexity index is 390. The first-order valence-corrected chi connectivity index (χ1v) is 7.14. The number of hydrogen-bond acceptors (Lipinski definition) is 3. The van der Waals surface area contributed by atoms with E-state index in [0.717, 1.165) is 13.0 Å². The molecule has 1 aromatic carbocycles. The number of hydrogen-bond donors (Lipinski definition) is 2. The van der Waals surface area contributed by atoms with E-state index in [1.54, 1.807) is 0 Å². The van der Waals surface area contributed by atoms with Crippen LogP contribution in [0.4, 0.5) is 5.69 Å².